The zero-order valence-corrected chi connectivity index (χ0v) is 6.07. The van der Waals surface area contributed by atoms with E-state index in [1.54, 1.807) is 6.92 Å². The highest BCUT2D eigenvalue weighted by Crippen LogP contribution is 1.90. The van der Waals surface area contributed by atoms with Crippen molar-refractivity contribution in [1.29, 1.82) is 0 Å². The lowest BCUT2D eigenvalue weighted by molar-refractivity contribution is -0.132. The lowest BCUT2D eigenvalue weighted by Gasteiger charge is -1.88. The first kappa shape index (κ1) is 9.42. The summed E-state index contributed by atoms with van der Waals surface area (Å²) in [5.74, 6) is -1.19. The Labute approximate surface area is 64.0 Å². The number of carbonyl (C=O) groups is 2. The number of carbonyl (C=O) groups excluding carboxylic acids is 1. The topological polar surface area (TPSA) is 80.4 Å². The highest BCUT2D eigenvalue weighted by Gasteiger charge is 1.96. The second-order valence-corrected chi connectivity index (χ2v) is 1.96. The molecule has 0 aliphatic rings. The lowest BCUT2D eigenvalue weighted by Crippen LogP contribution is -2.09. The number of carboxylic acid groups (broad SMARTS) is 1. The van der Waals surface area contributed by atoms with Gasteiger partial charge in [0.15, 0.2) is 0 Å². The number of rotatable bonds is 3. The van der Waals surface area contributed by atoms with Crippen LogP contribution in [0.5, 0.6) is 0 Å². The molecule has 11 heavy (non-hydrogen) atoms. The summed E-state index contributed by atoms with van der Waals surface area (Å²) in [6, 6.07) is 0. The Balaban J connectivity index is 4.34. The van der Waals surface area contributed by atoms with Crippen LogP contribution in [0.2, 0.25) is 0 Å². The minimum atomic E-state index is -1.19. The van der Waals surface area contributed by atoms with Gasteiger partial charge in [-0.05, 0) is 18.6 Å². The van der Waals surface area contributed by atoms with Gasteiger partial charge in [0.05, 0.1) is 0 Å². The van der Waals surface area contributed by atoms with Crippen LogP contribution >= 0.6 is 0 Å². The first-order chi connectivity index (χ1) is 5.07. The second kappa shape index (κ2) is 4.27. The first-order valence-electron chi connectivity index (χ1n) is 2.90. The molecule has 3 N–H and O–H groups in total. The van der Waals surface area contributed by atoms with Crippen molar-refractivity contribution < 1.29 is 14.7 Å². The molecule has 0 fully saturated rings. The SMILES string of the molecule is C/C(C=O)=C\C=C(/N)C(=O)O. The zero-order chi connectivity index (χ0) is 8.85. The number of carboxylic acids is 1. The van der Waals surface area contributed by atoms with Gasteiger partial charge in [-0.15, -0.1) is 0 Å². The zero-order valence-electron chi connectivity index (χ0n) is 6.07. The van der Waals surface area contributed by atoms with Gasteiger partial charge >= 0.3 is 5.97 Å². The van der Waals surface area contributed by atoms with Crippen molar-refractivity contribution in [2.75, 3.05) is 0 Å². The van der Waals surface area contributed by atoms with Gasteiger partial charge in [0, 0.05) is 0 Å². The van der Waals surface area contributed by atoms with Crippen LogP contribution in [0.15, 0.2) is 23.4 Å². The molecular formula is C7H9NO3. The van der Waals surface area contributed by atoms with Crippen LogP contribution < -0.4 is 5.73 Å². The molecular weight excluding hydrogens is 146 g/mol. The minimum absolute atomic E-state index is 0.286. The van der Waals surface area contributed by atoms with Crippen molar-refractivity contribution in [3.63, 3.8) is 0 Å². The predicted molar refractivity (Wildman–Crippen MR) is 39.7 cm³/mol. The third-order valence-electron chi connectivity index (χ3n) is 0.959. The average molecular weight is 155 g/mol. The molecule has 4 heteroatoms. The van der Waals surface area contributed by atoms with Crippen molar-refractivity contribution in [1.82, 2.24) is 0 Å². The van der Waals surface area contributed by atoms with Crippen LogP contribution in [-0.2, 0) is 9.59 Å². The summed E-state index contributed by atoms with van der Waals surface area (Å²) >= 11 is 0. The molecule has 0 aromatic carbocycles. The number of nitrogens with two attached hydrogens (primary N) is 1. The summed E-state index contributed by atoms with van der Waals surface area (Å²) in [6.45, 7) is 1.55. The van der Waals surface area contributed by atoms with Crippen LogP contribution in [0.1, 0.15) is 6.92 Å². The maximum Gasteiger partial charge on any atom is 0.351 e. The minimum Gasteiger partial charge on any atom is -0.477 e. The molecule has 0 bridgehead atoms. The maximum atomic E-state index is 10.1. The molecule has 0 spiro atoms. The molecule has 0 heterocycles. The molecule has 4 nitrogen and oxygen atoms in total. The van der Waals surface area contributed by atoms with Gasteiger partial charge in [0.25, 0.3) is 0 Å². The Morgan fingerprint density at radius 2 is 2.00 bits per heavy atom. The molecule has 0 atom stereocenters. The van der Waals surface area contributed by atoms with Gasteiger partial charge in [0.2, 0.25) is 0 Å². The maximum absolute atomic E-state index is 10.1. The third-order valence-corrected chi connectivity index (χ3v) is 0.959. The van der Waals surface area contributed by atoms with Crippen LogP contribution in [-0.4, -0.2) is 17.4 Å². The number of aldehydes is 1. The number of hydrogen-bond donors (Lipinski definition) is 2. The van der Waals surface area contributed by atoms with Gasteiger partial charge in [-0.3, -0.25) is 4.79 Å². The van der Waals surface area contributed by atoms with E-state index in [9.17, 15) is 9.59 Å². The van der Waals surface area contributed by atoms with E-state index in [0.717, 1.165) is 0 Å². The predicted octanol–water partition coefficient (Wildman–Crippen LogP) is 0.0588. The molecule has 0 amide bonds. The smallest absolute Gasteiger partial charge is 0.351 e. The molecule has 60 valence electrons. The quantitative estimate of drug-likeness (QED) is 0.343. The van der Waals surface area contributed by atoms with Crippen LogP contribution in [0.3, 0.4) is 0 Å². The first-order valence-corrected chi connectivity index (χ1v) is 2.90. The fraction of sp³-hybridized carbons (Fsp3) is 0.143. The molecule has 0 saturated heterocycles. The Bertz CT molecular complexity index is 228. The van der Waals surface area contributed by atoms with E-state index in [-0.39, 0.29) is 5.70 Å². The van der Waals surface area contributed by atoms with Gasteiger partial charge in [0.1, 0.15) is 12.0 Å². The van der Waals surface area contributed by atoms with Crippen LogP contribution in [0.25, 0.3) is 0 Å². The van der Waals surface area contributed by atoms with Crippen molar-refractivity contribution in [2.24, 2.45) is 5.73 Å². The van der Waals surface area contributed by atoms with Crippen molar-refractivity contribution in [3.8, 4) is 0 Å². The fourth-order valence-corrected chi connectivity index (χ4v) is 0.332. The van der Waals surface area contributed by atoms with E-state index in [2.05, 4.69) is 0 Å². The summed E-state index contributed by atoms with van der Waals surface area (Å²) in [6.07, 6.45) is 3.13. The molecule has 0 aromatic heterocycles. The molecule has 0 aliphatic carbocycles. The summed E-state index contributed by atoms with van der Waals surface area (Å²) in [7, 11) is 0. The van der Waals surface area contributed by atoms with Crippen molar-refractivity contribution in [2.45, 2.75) is 6.92 Å². The van der Waals surface area contributed by atoms with E-state index in [1.807, 2.05) is 0 Å². The second-order valence-electron chi connectivity index (χ2n) is 1.96. The van der Waals surface area contributed by atoms with E-state index in [1.165, 1.54) is 12.2 Å². The van der Waals surface area contributed by atoms with E-state index < -0.39 is 5.97 Å². The van der Waals surface area contributed by atoms with Crippen LogP contribution in [0, 0.1) is 0 Å². The molecule has 0 aromatic rings. The van der Waals surface area contributed by atoms with E-state index >= 15 is 0 Å². The highest BCUT2D eigenvalue weighted by molar-refractivity contribution is 5.86. The Hall–Kier alpha value is -1.58. The van der Waals surface area contributed by atoms with Crippen LogP contribution in [0.4, 0.5) is 0 Å². The normalized spacial score (nSPS) is 12.8. The third kappa shape index (κ3) is 3.91. The number of hydrogen-bond acceptors (Lipinski definition) is 3. The number of aliphatic carboxylic acids is 1. The molecule has 0 saturated carbocycles. The Morgan fingerprint density at radius 1 is 1.45 bits per heavy atom. The molecule has 0 aliphatic heterocycles. The van der Waals surface area contributed by atoms with Gasteiger partial charge in [-0.1, -0.05) is 6.08 Å². The lowest BCUT2D eigenvalue weighted by atomic mass is 10.3. The van der Waals surface area contributed by atoms with Gasteiger partial charge in [-0.2, -0.15) is 0 Å². The van der Waals surface area contributed by atoms with Gasteiger partial charge in [-0.25, -0.2) is 4.79 Å². The van der Waals surface area contributed by atoms with Gasteiger partial charge < -0.3 is 10.8 Å². The summed E-state index contributed by atoms with van der Waals surface area (Å²) in [4.78, 5) is 20.1. The Morgan fingerprint density at radius 3 is 2.36 bits per heavy atom. The molecule has 0 rings (SSSR count). The van der Waals surface area contributed by atoms with Crippen molar-refractivity contribution in [3.05, 3.63) is 23.4 Å². The van der Waals surface area contributed by atoms with E-state index in [0.29, 0.717) is 11.9 Å². The summed E-state index contributed by atoms with van der Waals surface area (Å²) in [5, 5.41) is 8.26. The summed E-state index contributed by atoms with van der Waals surface area (Å²) < 4.78 is 0. The standard InChI is InChI=1S/C7H9NO3/c1-5(4-9)2-3-6(8)7(10)11/h2-4H,8H2,1H3,(H,10,11)/b5-2+,6-3-. The largest absolute Gasteiger partial charge is 0.477 e. The average Bonchev–Trinajstić information content (AvgIpc) is 1.99. The Kier molecular flexibility index (Phi) is 3.66. The highest BCUT2D eigenvalue weighted by atomic mass is 16.4. The van der Waals surface area contributed by atoms with Crippen molar-refractivity contribution >= 4 is 12.3 Å². The number of allylic oxidation sites excluding steroid dienone is 3. The summed E-state index contributed by atoms with van der Waals surface area (Å²) in [5.41, 5.74) is 5.16. The molecule has 0 radical (unpaired) electrons. The fourth-order valence-electron chi connectivity index (χ4n) is 0.332. The molecule has 0 unspecified atom stereocenters. The van der Waals surface area contributed by atoms with E-state index in [4.69, 9.17) is 10.8 Å². The monoisotopic (exact) mass is 155 g/mol.